The molecule has 27 heavy (non-hydrogen) atoms. The van der Waals surface area contributed by atoms with Crippen LogP contribution in [0.1, 0.15) is 35.0 Å². The second kappa shape index (κ2) is 8.22. The number of ether oxygens (including phenoxy) is 1. The molecule has 0 atom stereocenters. The minimum Gasteiger partial charge on any atom is -0.504 e. The number of aromatic hydroxyl groups is 1. The zero-order valence-electron chi connectivity index (χ0n) is 14.6. The molecule has 2 aromatic rings. The molecule has 8 heteroatoms. The van der Waals surface area contributed by atoms with E-state index in [1.54, 1.807) is 18.2 Å². The molecule has 1 aliphatic rings. The molecule has 1 aromatic carbocycles. The molecule has 0 saturated heterocycles. The number of benzene rings is 1. The summed E-state index contributed by atoms with van der Waals surface area (Å²) >= 11 is 3.35. The van der Waals surface area contributed by atoms with Crippen LogP contribution in [-0.4, -0.2) is 28.5 Å². The van der Waals surface area contributed by atoms with Gasteiger partial charge in [0.25, 0.3) is 11.8 Å². The molecule has 0 bridgehead atoms. The summed E-state index contributed by atoms with van der Waals surface area (Å²) in [6, 6.07) is 6.63. The van der Waals surface area contributed by atoms with E-state index in [1.807, 2.05) is 6.92 Å². The van der Waals surface area contributed by atoms with Gasteiger partial charge in [-0.1, -0.05) is 22.9 Å². The molecule has 0 radical (unpaired) electrons. The van der Waals surface area contributed by atoms with Crippen molar-refractivity contribution in [3.8, 4) is 11.5 Å². The SMILES string of the molecule is CCCOc1cnc(CN/C=C2\C(=O)NC(=O)c3ccc(Br)cc32)cc1O. The van der Waals surface area contributed by atoms with Crippen molar-refractivity contribution in [1.29, 1.82) is 0 Å². The minimum atomic E-state index is -0.475. The maximum Gasteiger partial charge on any atom is 0.260 e. The Morgan fingerprint density at radius 1 is 1.26 bits per heavy atom. The first-order chi connectivity index (χ1) is 13.0. The van der Waals surface area contributed by atoms with Crippen LogP contribution in [0.2, 0.25) is 0 Å². The summed E-state index contributed by atoms with van der Waals surface area (Å²) in [4.78, 5) is 28.4. The van der Waals surface area contributed by atoms with Crippen molar-refractivity contribution >= 4 is 33.3 Å². The Morgan fingerprint density at radius 3 is 2.81 bits per heavy atom. The molecule has 3 N–H and O–H groups in total. The Bertz CT molecular complexity index is 927. The summed E-state index contributed by atoms with van der Waals surface area (Å²) in [5.41, 5.74) is 1.90. The first-order valence-corrected chi connectivity index (χ1v) is 9.18. The molecule has 0 aliphatic carbocycles. The predicted octanol–water partition coefficient (Wildman–Crippen LogP) is 2.74. The fourth-order valence-corrected chi connectivity index (χ4v) is 2.95. The fourth-order valence-electron chi connectivity index (χ4n) is 2.59. The molecular formula is C19H18BrN3O4. The Morgan fingerprint density at radius 2 is 2.07 bits per heavy atom. The highest BCUT2D eigenvalue weighted by atomic mass is 79.9. The van der Waals surface area contributed by atoms with E-state index in [-0.39, 0.29) is 12.3 Å². The third-order valence-corrected chi connectivity index (χ3v) is 4.38. The highest BCUT2D eigenvalue weighted by molar-refractivity contribution is 9.10. The predicted molar refractivity (Wildman–Crippen MR) is 103 cm³/mol. The monoisotopic (exact) mass is 431 g/mol. The lowest BCUT2D eigenvalue weighted by atomic mass is 9.96. The number of fused-ring (bicyclic) bond motifs is 1. The Kier molecular flexibility index (Phi) is 5.75. The largest absolute Gasteiger partial charge is 0.504 e. The molecule has 0 fully saturated rings. The van der Waals surface area contributed by atoms with Gasteiger partial charge in [0.05, 0.1) is 30.6 Å². The summed E-state index contributed by atoms with van der Waals surface area (Å²) in [6.07, 6.45) is 3.83. The summed E-state index contributed by atoms with van der Waals surface area (Å²) < 4.78 is 6.15. The van der Waals surface area contributed by atoms with Crippen LogP contribution in [0.25, 0.3) is 5.57 Å². The van der Waals surface area contributed by atoms with Gasteiger partial charge >= 0.3 is 0 Å². The fraction of sp³-hybridized carbons (Fsp3) is 0.211. The molecule has 0 unspecified atom stereocenters. The summed E-state index contributed by atoms with van der Waals surface area (Å²) in [5.74, 6) is -0.549. The van der Waals surface area contributed by atoms with Crippen LogP contribution in [0.3, 0.4) is 0 Å². The summed E-state index contributed by atoms with van der Waals surface area (Å²) in [6.45, 7) is 2.76. The molecule has 7 nitrogen and oxygen atoms in total. The van der Waals surface area contributed by atoms with Crippen LogP contribution in [-0.2, 0) is 11.3 Å². The maximum absolute atomic E-state index is 12.2. The lowest BCUT2D eigenvalue weighted by molar-refractivity contribution is -0.114. The van der Waals surface area contributed by atoms with E-state index < -0.39 is 11.8 Å². The van der Waals surface area contributed by atoms with E-state index in [4.69, 9.17) is 4.74 Å². The van der Waals surface area contributed by atoms with Gasteiger partial charge < -0.3 is 15.2 Å². The molecule has 0 spiro atoms. The first kappa shape index (κ1) is 18.9. The normalized spacial score (nSPS) is 14.7. The average Bonchev–Trinajstić information content (AvgIpc) is 2.63. The average molecular weight is 432 g/mol. The van der Waals surface area contributed by atoms with E-state index in [0.717, 1.165) is 10.9 Å². The molecule has 140 valence electrons. The van der Waals surface area contributed by atoms with E-state index >= 15 is 0 Å². The number of carbonyl (C=O) groups excluding carboxylic acids is 2. The number of hydrogen-bond acceptors (Lipinski definition) is 6. The van der Waals surface area contributed by atoms with Crippen molar-refractivity contribution in [2.45, 2.75) is 19.9 Å². The topological polar surface area (TPSA) is 101 Å². The highest BCUT2D eigenvalue weighted by Crippen LogP contribution is 2.27. The molecular weight excluding hydrogens is 414 g/mol. The zero-order chi connectivity index (χ0) is 19.4. The second-order valence-corrected chi connectivity index (χ2v) is 6.82. The van der Waals surface area contributed by atoms with Crippen LogP contribution in [0.5, 0.6) is 11.5 Å². The number of hydrogen-bond donors (Lipinski definition) is 3. The summed E-state index contributed by atoms with van der Waals surface area (Å²) in [7, 11) is 0. The lowest BCUT2D eigenvalue weighted by Gasteiger charge is -2.18. The number of aromatic nitrogens is 1. The lowest BCUT2D eigenvalue weighted by Crippen LogP contribution is -2.37. The van der Waals surface area contributed by atoms with Crippen molar-refractivity contribution in [3.05, 3.63) is 58.0 Å². The van der Waals surface area contributed by atoms with Gasteiger partial charge in [-0.05, 0) is 24.6 Å². The number of nitrogens with one attached hydrogen (secondary N) is 2. The molecule has 3 rings (SSSR count). The molecule has 0 saturated carbocycles. The number of carbonyl (C=O) groups is 2. The van der Waals surface area contributed by atoms with Crippen LogP contribution in [0.4, 0.5) is 0 Å². The van der Waals surface area contributed by atoms with Crippen molar-refractivity contribution < 1.29 is 19.4 Å². The van der Waals surface area contributed by atoms with Crippen molar-refractivity contribution in [3.63, 3.8) is 0 Å². The summed E-state index contributed by atoms with van der Waals surface area (Å²) in [5, 5.41) is 15.3. The highest BCUT2D eigenvalue weighted by Gasteiger charge is 2.27. The van der Waals surface area contributed by atoms with E-state index in [1.165, 1.54) is 18.5 Å². The van der Waals surface area contributed by atoms with Gasteiger partial charge in [-0.15, -0.1) is 0 Å². The molecule has 2 heterocycles. The van der Waals surface area contributed by atoms with E-state index in [9.17, 15) is 14.7 Å². The first-order valence-electron chi connectivity index (χ1n) is 8.39. The van der Waals surface area contributed by atoms with Crippen LogP contribution >= 0.6 is 15.9 Å². The smallest absolute Gasteiger partial charge is 0.260 e. The number of amides is 2. The van der Waals surface area contributed by atoms with Crippen LogP contribution < -0.4 is 15.4 Å². The number of imide groups is 1. The van der Waals surface area contributed by atoms with E-state index in [0.29, 0.717) is 34.8 Å². The zero-order valence-corrected chi connectivity index (χ0v) is 16.2. The van der Waals surface area contributed by atoms with Crippen LogP contribution in [0.15, 0.2) is 41.1 Å². The van der Waals surface area contributed by atoms with Gasteiger partial charge in [0.15, 0.2) is 11.5 Å². The number of pyridine rings is 1. The molecule has 1 aromatic heterocycles. The van der Waals surface area contributed by atoms with Crippen molar-refractivity contribution in [2.75, 3.05) is 6.61 Å². The quantitative estimate of drug-likeness (QED) is 0.480. The second-order valence-electron chi connectivity index (χ2n) is 5.90. The molecule has 1 aliphatic heterocycles. The number of halogens is 1. The maximum atomic E-state index is 12.2. The third-order valence-electron chi connectivity index (χ3n) is 3.88. The van der Waals surface area contributed by atoms with Crippen molar-refractivity contribution in [1.82, 2.24) is 15.6 Å². The number of rotatable bonds is 6. The number of nitrogens with zero attached hydrogens (tertiary/aromatic N) is 1. The van der Waals surface area contributed by atoms with Gasteiger partial charge in [0.1, 0.15) is 0 Å². The van der Waals surface area contributed by atoms with E-state index in [2.05, 4.69) is 31.5 Å². The molecule has 2 amide bonds. The van der Waals surface area contributed by atoms with Crippen molar-refractivity contribution in [2.24, 2.45) is 0 Å². The van der Waals surface area contributed by atoms with Gasteiger partial charge in [0.2, 0.25) is 0 Å². The Labute approximate surface area is 164 Å². The van der Waals surface area contributed by atoms with Gasteiger partial charge in [-0.3, -0.25) is 19.9 Å². The van der Waals surface area contributed by atoms with Gasteiger partial charge in [0, 0.05) is 27.9 Å². The van der Waals surface area contributed by atoms with Crippen LogP contribution in [0, 0.1) is 0 Å². The van der Waals surface area contributed by atoms with Gasteiger partial charge in [-0.2, -0.15) is 0 Å². The Balaban J connectivity index is 1.76. The standard InChI is InChI=1S/C19H18BrN3O4/c1-2-5-27-17-10-22-12(7-16(17)24)8-21-9-15-14-6-11(20)3-4-13(14)18(25)23-19(15)26/h3-4,6-7,9-10,21H,2,5,8H2,1H3,(H,22,24)(H,23,25,26)/b15-9-. The Hall–Kier alpha value is -2.87. The minimum absolute atomic E-state index is 0.0122. The van der Waals surface area contributed by atoms with Gasteiger partial charge in [-0.25, -0.2) is 0 Å². The third kappa shape index (κ3) is 4.28.